The van der Waals surface area contributed by atoms with Crippen LogP contribution in [0, 0.1) is 11.8 Å². The highest BCUT2D eigenvalue weighted by atomic mass is 16.5. The average molecular weight is 163 g/mol. The minimum Gasteiger partial charge on any atom is -0.480 e. The van der Waals surface area contributed by atoms with Crippen LogP contribution in [-0.4, -0.2) is 23.9 Å². The zero-order valence-corrected chi connectivity index (χ0v) is 6.74. The predicted octanol–water partition coefficient (Wildman–Crippen LogP) is -0.205. The van der Waals surface area contributed by atoms with Gasteiger partial charge in [0.05, 0.1) is 13.7 Å². The van der Waals surface area contributed by atoms with Crippen molar-refractivity contribution in [2.24, 2.45) is 5.73 Å². The van der Waals surface area contributed by atoms with Gasteiger partial charge in [0.2, 0.25) is 5.88 Å². The van der Waals surface area contributed by atoms with Crippen LogP contribution in [0.1, 0.15) is 5.69 Å². The van der Waals surface area contributed by atoms with Gasteiger partial charge in [-0.1, -0.05) is 5.92 Å². The second kappa shape index (κ2) is 4.31. The zero-order chi connectivity index (χ0) is 8.81. The number of nitrogens with zero attached hydrogens (tertiary/aromatic N) is 2. The Morgan fingerprint density at radius 2 is 2.33 bits per heavy atom. The minimum absolute atomic E-state index is 0.327. The lowest BCUT2D eigenvalue weighted by Crippen LogP contribution is -1.95. The summed E-state index contributed by atoms with van der Waals surface area (Å²) >= 11 is 0. The first-order valence-electron chi connectivity index (χ1n) is 3.43. The van der Waals surface area contributed by atoms with Crippen molar-refractivity contribution in [3.63, 3.8) is 0 Å². The Bertz CT molecular complexity index is 296. The molecule has 1 heterocycles. The second-order valence-corrected chi connectivity index (χ2v) is 1.97. The summed E-state index contributed by atoms with van der Waals surface area (Å²) in [5.41, 5.74) is 5.78. The minimum atomic E-state index is 0.327. The Hall–Kier alpha value is -1.60. The van der Waals surface area contributed by atoms with Gasteiger partial charge in [-0.25, -0.2) is 0 Å². The van der Waals surface area contributed by atoms with Gasteiger partial charge in [-0.05, 0) is 12.0 Å². The molecule has 2 N–H and O–H groups in total. The standard InChI is InChI=1S/C8H9N3O/c1-12-8-5-4-7(10-11-8)3-2-6-9/h4-5H,6,9H2,1H3. The second-order valence-electron chi connectivity index (χ2n) is 1.97. The summed E-state index contributed by atoms with van der Waals surface area (Å²) < 4.78 is 4.83. The third-order valence-corrected chi connectivity index (χ3v) is 1.17. The van der Waals surface area contributed by atoms with Crippen LogP contribution in [0.5, 0.6) is 5.88 Å². The van der Waals surface area contributed by atoms with Gasteiger partial charge in [0, 0.05) is 6.07 Å². The maximum absolute atomic E-state index is 5.19. The predicted molar refractivity (Wildman–Crippen MR) is 44.5 cm³/mol. The highest BCUT2D eigenvalue weighted by Crippen LogP contribution is 2.01. The van der Waals surface area contributed by atoms with E-state index in [0.717, 1.165) is 0 Å². The molecule has 12 heavy (non-hydrogen) atoms. The molecule has 4 nitrogen and oxygen atoms in total. The lowest BCUT2D eigenvalue weighted by molar-refractivity contribution is 0.391. The topological polar surface area (TPSA) is 61.0 Å². The van der Waals surface area contributed by atoms with Crippen molar-refractivity contribution >= 4 is 0 Å². The average Bonchev–Trinajstić information content (AvgIpc) is 2.15. The van der Waals surface area contributed by atoms with E-state index in [-0.39, 0.29) is 0 Å². The van der Waals surface area contributed by atoms with Crippen LogP contribution in [0.4, 0.5) is 0 Å². The number of rotatable bonds is 1. The third-order valence-electron chi connectivity index (χ3n) is 1.17. The first-order chi connectivity index (χ1) is 5.86. The van der Waals surface area contributed by atoms with Crippen molar-refractivity contribution in [1.29, 1.82) is 0 Å². The molecular weight excluding hydrogens is 154 g/mol. The number of aromatic nitrogens is 2. The summed E-state index contributed by atoms with van der Waals surface area (Å²) in [6, 6.07) is 3.43. The van der Waals surface area contributed by atoms with E-state index >= 15 is 0 Å². The van der Waals surface area contributed by atoms with Crippen LogP contribution in [0.3, 0.4) is 0 Å². The fourth-order valence-corrected chi connectivity index (χ4v) is 0.637. The van der Waals surface area contributed by atoms with Gasteiger partial charge >= 0.3 is 0 Å². The van der Waals surface area contributed by atoms with Gasteiger partial charge in [-0.3, -0.25) is 0 Å². The molecule has 0 radical (unpaired) electrons. The zero-order valence-electron chi connectivity index (χ0n) is 6.74. The Labute approximate surface area is 70.8 Å². The van der Waals surface area contributed by atoms with E-state index in [4.69, 9.17) is 10.5 Å². The highest BCUT2D eigenvalue weighted by molar-refractivity contribution is 5.27. The number of hydrogen-bond donors (Lipinski definition) is 1. The number of hydrogen-bond acceptors (Lipinski definition) is 4. The van der Waals surface area contributed by atoms with Crippen LogP contribution in [0.25, 0.3) is 0 Å². The van der Waals surface area contributed by atoms with Crippen LogP contribution in [0.15, 0.2) is 12.1 Å². The Morgan fingerprint density at radius 3 is 2.83 bits per heavy atom. The first kappa shape index (κ1) is 8.50. The Morgan fingerprint density at radius 1 is 1.50 bits per heavy atom. The van der Waals surface area contributed by atoms with Crippen LogP contribution >= 0.6 is 0 Å². The molecule has 0 spiro atoms. The molecule has 0 aromatic carbocycles. The highest BCUT2D eigenvalue weighted by Gasteiger charge is 1.91. The lowest BCUT2D eigenvalue weighted by atomic mass is 10.4. The van der Waals surface area contributed by atoms with E-state index in [0.29, 0.717) is 18.1 Å². The summed E-state index contributed by atoms with van der Waals surface area (Å²) in [4.78, 5) is 0. The quantitative estimate of drug-likeness (QED) is 0.582. The first-order valence-corrected chi connectivity index (χ1v) is 3.43. The Balaban J connectivity index is 2.78. The van der Waals surface area contributed by atoms with Crippen molar-refractivity contribution in [3.8, 4) is 17.7 Å². The van der Waals surface area contributed by atoms with E-state index in [2.05, 4.69) is 22.0 Å². The molecule has 1 rings (SSSR count). The van der Waals surface area contributed by atoms with Gasteiger partial charge in [-0.15, -0.1) is 10.2 Å². The van der Waals surface area contributed by atoms with E-state index < -0.39 is 0 Å². The maximum atomic E-state index is 5.19. The third kappa shape index (κ3) is 2.22. The van der Waals surface area contributed by atoms with Crippen LogP contribution in [0.2, 0.25) is 0 Å². The number of methoxy groups -OCH3 is 1. The fraction of sp³-hybridized carbons (Fsp3) is 0.250. The molecular formula is C8H9N3O. The molecule has 0 aliphatic heterocycles. The summed E-state index contributed by atoms with van der Waals surface area (Å²) in [6.45, 7) is 0.327. The van der Waals surface area contributed by atoms with Gasteiger partial charge < -0.3 is 10.5 Å². The largest absolute Gasteiger partial charge is 0.480 e. The molecule has 0 aliphatic carbocycles. The molecule has 0 amide bonds. The molecule has 0 saturated heterocycles. The number of nitrogens with two attached hydrogens (primary N) is 1. The number of ether oxygens (including phenoxy) is 1. The van der Waals surface area contributed by atoms with Gasteiger partial charge in [0.15, 0.2) is 0 Å². The summed E-state index contributed by atoms with van der Waals surface area (Å²) in [5.74, 6) is 5.91. The molecule has 62 valence electrons. The van der Waals surface area contributed by atoms with E-state index in [1.807, 2.05) is 0 Å². The molecule has 0 atom stereocenters. The van der Waals surface area contributed by atoms with Crippen molar-refractivity contribution in [2.45, 2.75) is 0 Å². The van der Waals surface area contributed by atoms with E-state index in [1.165, 1.54) is 7.11 Å². The van der Waals surface area contributed by atoms with Crippen LogP contribution < -0.4 is 10.5 Å². The SMILES string of the molecule is COc1ccc(C#CCN)nn1. The Kier molecular flexibility index (Phi) is 3.05. The molecule has 0 unspecified atom stereocenters. The van der Waals surface area contributed by atoms with Gasteiger partial charge in [0.1, 0.15) is 5.69 Å². The van der Waals surface area contributed by atoms with Crippen molar-refractivity contribution in [2.75, 3.05) is 13.7 Å². The van der Waals surface area contributed by atoms with E-state index in [9.17, 15) is 0 Å². The summed E-state index contributed by atoms with van der Waals surface area (Å²) in [7, 11) is 1.54. The fourth-order valence-electron chi connectivity index (χ4n) is 0.637. The van der Waals surface area contributed by atoms with Gasteiger partial charge in [-0.2, -0.15) is 0 Å². The van der Waals surface area contributed by atoms with Crippen molar-refractivity contribution < 1.29 is 4.74 Å². The molecule has 1 aromatic rings. The molecule has 0 bridgehead atoms. The van der Waals surface area contributed by atoms with Crippen molar-refractivity contribution in [3.05, 3.63) is 17.8 Å². The maximum Gasteiger partial charge on any atom is 0.233 e. The summed E-state index contributed by atoms with van der Waals surface area (Å²) in [5, 5.41) is 7.52. The summed E-state index contributed by atoms with van der Waals surface area (Å²) in [6.07, 6.45) is 0. The normalized spacial score (nSPS) is 8.50. The van der Waals surface area contributed by atoms with Crippen molar-refractivity contribution in [1.82, 2.24) is 10.2 Å². The van der Waals surface area contributed by atoms with E-state index in [1.54, 1.807) is 12.1 Å². The lowest BCUT2D eigenvalue weighted by Gasteiger charge is -1.94. The molecule has 0 aliphatic rings. The monoisotopic (exact) mass is 163 g/mol. The molecule has 0 saturated carbocycles. The molecule has 0 fully saturated rings. The molecule has 4 heteroatoms. The molecule has 1 aromatic heterocycles. The van der Waals surface area contributed by atoms with Crippen LogP contribution in [-0.2, 0) is 0 Å². The van der Waals surface area contributed by atoms with Gasteiger partial charge in [0.25, 0.3) is 0 Å². The smallest absolute Gasteiger partial charge is 0.233 e.